The van der Waals surface area contributed by atoms with Gasteiger partial charge in [-0.05, 0) is 37.0 Å². The molecule has 128 valence electrons. The Morgan fingerprint density at radius 2 is 1.19 bits per heavy atom. The van der Waals surface area contributed by atoms with Crippen molar-refractivity contribution in [3.8, 4) is 0 Å². The third kappa shape index (κ3) is 13.4. The maximum absolute atomic E-state index is 5.71. The molecule has 1 unspecified atom stereocenters. The minimum atomic E-state index is 0.451. The zero-order chi connectivity index (χ0) is 16.0. The monoisotopic (exact) mass is 298 g/mol. The molecule has 0 N–H and O–H groups in total. The number of hydrogen-bond donors (Lipinski definition) is 0. The molecule has 0 bridgehead atoms. The second-order valence-corrected chi connectivity index (χ2v) is 7.73. The van der Waals surface area contributed by atoms with E-state index in [1.165, 1.54) is 70.6 Å². The molecular weight excluding hydrogens is 256 g/mol. The fraction of sp³-hybridized carbons (Fsp3) is 1.00. The first-order valence-electron chi connectivity index (χ1n) is 9.60. The number of rotatable bonds is 14. The van der Waals surface area contributed by atoms with Gasteiger partial charge in [0.15, 0.2) is 0 Å². The second kappa shape index (κ2) is 13.6. The third-order valence-electron chi connectivity index (χ3n) is 4.61. The van der Waals surface area contributed by atoms with Gasteiger partial charge >= 0.3 is 0 Å². The number of ether oxygens (including phenoxy) is 1. The van der Waals surface area contributed by atoms with Gasteiger partial charge in [-0.25, -0.2) is 0 Å². The topological polar surface area (TPSA) is 9.23 Å². The minimum Gasteiger partial charge on any atom is -0.381 e. The van der Waals surface area contributed by atoms with Crippen LogP contribution in [0.15, 0.2) is 0 Å². The lowest BCUT2D eigenvalue weighted by Crippen LogP contribution is -2.21. The summed E-state index contributed by atoms with van der Waals surface area (Å²) in [6, 6.07) is 0. The molecule has 0 aromatic carbocycles. The quantitative estimate of drug-likeness (QED) is 0.314. The molecule has 0 aliphatic heterocycles. The van der Waals surface area contributed by atoms with Crippen LogP contribution in [0.3, 0.4) is 0 Å². The Labute approximate surface area is 135 Å². The Morgan fingerprint density at radius 3 is 1.81 bits per heavy atom. The van der Waals surface area contributed by atoms with Crippen molar-refractivity contribution in [1.29, 1.82) is 0 Å². The van der Waals surface area contributed by atoms with Crippen LogP contribution in [0.2, 0.25) is 0 Å². The van der Waals surface area contributed by atoms with Crippen molar-refractivity contribution in [3.63, 3.8) is 0 Å². The van der Waals surface area contributed by atoms with E-state index >= 15 is 0 Å². The average Bonchev–Trinajstić information content (AvgIpc) is 2.42. The summed E-state index contributed by atoms with van der Waals surface area (Å²) in [4.78, 5) is 0. The van der Waals surface area contributed by atoms with Crippen LogP contribution in [0.25, 0.3) is 0 Å². The van der Waals surface area contributed by atoms with Gasteiger partial charge in [-0.1, -0.05) is 79.6 Å². The molecule has 0 aromatic heterocycles. The Morgan fingerprint density at radius 1 is 0.667 bits per heavy atom. The van der Waals surface area contributed by atoms with Crippen molar-refractivity contribution in [2.24, 2.45) is 11.3 Å². The van der Waals surface area contributed by atoms with Gasteiger partial charge in [0.1, 0.15) is 0 Å². The summed E-state index contributed by atoms with van der Waals surface area (Å²) in [5, 5.41) is 0. The Kier molecular flexibility index (Phi) is 13.6. The average molecular weight is 299 g/mol. The smallest absolute Gasteiger partial charge is 0.0466 e. The van der Waals surface area contributed by atoms with Crippen LogP contribution in [0.4, 0.5) is 0 Å². The van der Waals surface area contributed by atoms with E-state index in [0.29, 0.717) is 5.41 Å². The first-order chi connectivity index (χ1) is 10.0. The molecule has 0 aliphatic rings. The largest absolute Gasteiger partial charge is 0.381 e. The molecule has 0 spiro atoms. The Balaban J connectivity index is 3.74. The van der Waals surface area contributed by atoms with Gasteiger partial charge < -0.3 is 4.74 Å². The predicted molar refractivity (Wildman–Crippen MR) is 95.9 cm³/mol. The summed E-state index contributed by atoms with van der Waals surface area (Å²) in [5.74, 6) is 0.860. The zero-order valence-electron chi connectivity index (χ0n) is 15.7. The summed E-state index contributed by atoms with van der Waals surface area (Å²) in [6.45, 7) is 13.7. The van der Waals surface area contributed by atoms with Crippen molar-refractivity contribution < 1.29 is 4.74 Å². The van der Waals surface area contributed by atoms with Gasteiger partial charge in [-0.3, -0.25) is 0 Å². The molecule has 1 atom stereocenters. The van der Waals surface area contributed by atoms with Crippen LogP contribution in [0.5, 0.6) is 0 Å². The molecule has 1 nitrogen and oxygen atoms in total. The van der Waals surface area contributed by atoms with Gasteiger partial charge in [0, 0.05) is 13.2 Å². The van der Waals surface area contributed by atoms with Gasteiger partial charge in [0.2, 0.25) is 0 Å². The molecule has 0 saturated carbocycles. The Bertz CT molecular complexity index is 188. The van der Waals surface area contributed by atoms with E-state index in [2.05, 4.69) is 34.6 Å². The fourth-order valence-electron chi connectivity index (χ4n) is 2.96. The molecule has 0 radical (unpaired) electrons. The van der Waals surface area contributed by atoms with Crippen molar-refractivity contribution in [2.45, 2.75) is 105 Å². The van der Waals surface area contributed by atoms with E-state index in [1.54, 1.807) is 0 Å². The molecule has 0 aromatic rings. The highest BCUT2D eigenvalue weighted by Gasteiger charge is 2.23. The van der Waals surface area contributed by atoms with E-state index in [-0.39, 0.29) is 0 Å². The molecular formula is C20H42O. The van der Waals surface area contributed by atoms with Crippen LogP contribution < -0.4 is 0 Å². The maximum Gasteiger partial charge on any atom is 0.0466 e. The van der Waals surface area contributed by atoms with Crippen molar-refractivity contribution >= 4 is 0 Å². The van der Waals surface area contributed by atoms with Crippen LogP contribution in [0.1, 0.15) is 105 Å². The highest BCUT2D eigenvalue weighted by Crippen LogP contribution is 2.34. The van der Waals surface area contributed by atoms with E-state index in [0.717, 1.165) is 19.1 Å². The van der Waals surface area contributed by atoms with Crippen LogP contribution >= 0.6 is 0 Å². The van der Waals surface area contributed by atoms with Crippen molar-refractivity contribution in [3.05, 3.63) is 0 Å². The van der Waals surface area contributed by atoms with E-state index in [4.69, 9.17) is 4.74 Å². The highest BCUT2D eigenvalue weighted by molar-refractivity contribution is 4.74. The molecule has 21 heavy (non-hydrogen) atoms. The van der Waals surface area contributed by atoms with Gasteiger partial charge in [0.05, 0.1) is 0 Å². The van der Waals surface area contributed by atoms with Crippen LogP contribution in [-0.4, -0.2) is 13.2 Å². The van der Waals surface area contributed by atoms with E-state index in [9.17, 15) is 0 Å². The van der Waals surface area contributed by atoms with E-state index in [1.807, 2.05) is 0 Å². The highest BCUT2D eigenvalue weighted by atomic mass is 16.5. The molecule has 0 heterocycles. The van der Waals surface area contributed by atoms with E-state index < -0.39 is 0 Å². The summed E-state index contributed by atoms with van der Waals surface area (Å²) in [7, 11) is 0. The minimum absolute atomic E-state index is 0.451. The van der Waals surface area contributed by atoms with Crippen molar-refractivity contribution in [2.75, 3.05) is 13.2 Å². The summed E-state index contributed by atoms with van der Waals surface area (Å²) >= 11 is 0. The first kappa shape index (κ1) is 21.0. The molecule has 0 amide bonds. The standard InChI is InChI=1S/C20H42O/c1-6-8-10-11-12-13-15-19(20(3,4)5)16-14-18-21-17-9-7-2/h19H,6-18H2,1-5H3. The normalized spacial score (nSPS) is 13.6. The molecule has 1 heteroatoms. The van der Waals surface area contributed by atoms with Crippen LogP contribution in [0, 0.1) is 11.3 Å². The maximum atomic E-state index is 5.71. The molecule has 0 fully saturated rings. The van der Waals surface area contributed by atoms with Crippen LogP contribution in [-0.2, 0) is 4.74 Å². The molecule has 0 aliphatic carbocycles. The molecule has 0 rings (SSSR count). The summed E-state index contributed by atoms with van der Waals surface area (Å²) < 4.78 is 5.71. The van der Waals surface area contributed by atoms with Gasteiger partial charge in [-0.2, -0.15) is 0 Å². The zero-order valence-corrected chi connectivity index (χ0v) is 15.7. The summed E-state index contributed by atoms with van der Waals surface area (Å²) in [6.07, 6.45) is 14.9. The van der Waals surface area contributed by atoms with Gasteiger partial charge in [-0.15, -0.1) is 0 Å². The lowest BCUT2D eigenvalue weighted by molar-refractivity contribution is 0.112. The van der Waals surface area contributed by atoms with Gasteiger partial charge in [0.25, 0.3) is 0 Å². The fourth-order valence-corrected chi connectivity index (χ4v) is 2.96. The summed E-state index contributed by atoms with van der Waals surface area (Å²) in [5.41, 5.74) is 0.451. The lowest BCUT2D eigenvalue weighted by atomic mass is 9.75. The second-order valence-electron chi connectivity index (χ2n) is 7.73. The predicted octanol–water partition coefficient (Wildman–Crippen LogP) is 7.00. The first-order valence-corrected chi connectivity index (χ1v) is 9.60. The van der Waals surface area contributed by atoms with Crippen molar-refractivity contribution in [1.82, 2.24) is 0 Å². The number of hydrogen-bond acceptors (Lipinski definition) is 1. The third-order valence-corrected chi connectivity index (χ3v) is 4.61. The lowest BCUT2D eigenvalue weighted by Gasteiger charge is -2.31. The Hall–Kier alpha value is -0.0400. The number of unbranched alkanes of at least 4 members (excludes halogenated alkanes) is 6. The SMILES string of the molecule is CCCCCCCCC(CCCOCCCC)C(C)(C)C. The molecule has 0 saturated heterocycles.